The van der Waals surface area contributed by atoms with Crippen LogP contribution in [0.4, 0.5) is 0 Å². The molecule has 0 heterocycles. The molecule has 0 aromatic rings. The molecule has 0 aromatic carbocycles. The average molecular weight is 202 g/mol. The highest BCUT2D eigenvalue weighted by atomic mass is 14.7. The zero-order valence-electron chi connectivity index (χ0n) is 10.4. The fourth-order valence-corrected chi connectivity index (χ4v) is 4.71. The second-order valence-corrected chi connectivity index (χ2v) is 6.77. The summed E-state index contributed by atoms with van der Waals surface area (Å²) in [5, 5.41) is 0. The summed E-state index contributed by atoms with van der Waals surface area (Å²) in [5.74, 6) is 0.885. The quantitative estimate of drug-likeness (QED) is 0.513. The zero-order chi connectivity index (χ0) is 10.9. The minimum absolute atomic E-state index is 0.403. The van der Waals surface area contributed by atoms with Gasteiger partial charge in [-0.2, -0.15) is 0 Å². The van der Waals surface area contributed by atoms with E-state index in [1.165, 1.54) is 19.3 Å². The van der Waals surface area contributed by atoms with Crippen molar-refractivity contribution in [3.63, 3.8) is 0 Å². The molecule has 0 aromatic heterocycles. The van der Waals surface area contributed by atoms with Crippen LogP contribution >= 0.6 is 0 Å². The minimum atomic E-state index is 0.403. The first-order chi connectivity index (χ1) is 6.93. The van der Waals surface area contributed by atoms with Gasteiger partial charge in [0.05, 0.1) is 0 Å². The molecule has 82 valence electrons. The Morgan fingerprint density at radius 1 is 1.20 bits per heavy atom. The third-order valence-electron chi connectivity index (χ3n) is 5.71. The van der Waals surface area contributed by atoms with Crippen molar-refractivity contribution in [1.29, 1.82) is 0 Å². The predicted molar refractivity (Wildman–Crippen MR) is 64.6 cm³/mol. The summed E-state index contributed by atoms with van der Waals surface area (Å²) in [7, 11) is 0. The van der Waals surface area contributed by atoms with Gasteiger partial charge in [-0.15, -0.1) is 0 Å². The average Bonchev–Trinajstić information content (AvgIpc) is 2.88. The Labute approximate surface area is 93.5 Å². The Morgan fingerprint density at radius 3 is 2.67 bits per heavy atom. The first-order valence-corrected chi connectivity index (χ1v) is 6.27. The van der Waals surface area contributed by atoms with E-state index < -0.39 is 0 Å². The molecular weight excluding hydrogens is 180 g/mol. The van der Waals surface area contributed by atoms with E-state index in [0.717, 1.165) is 5.92 Å². The lowest BCUT2D eigenvalue weighted by Gasteiger charge is -2.51. The lowest BCUT2D eigenvalue weighted by atomic mass is 9.52. The highest BCUT2D eigenvalue weighted by Gasteiger charge is 2.71. The Balaban J connectivity index is 2.15. The van der Waals surface area contributed by atoms with E-state index in [0.29, 0.717) is 16.2 Å². The van der Waals surface area contributed by atoms with Crippen LogP contribution in [0.5, 0.6) is 0 Å². The van der Waals surface area contributed by atoms with Gasteiger partial charge in [0.1, 0.15) is 0 Å². The van der Waals surface area contributed by atoms with E-state index in [4.69, 9.17) is 0 Å². The van der Waals surface area contributed by atoms with Crippen LogP contribution in [0.2, 0.25) is 0 Å². The van der Waals surface area contributed by atoms with Crippen LogP contribution in [0.1, 0.15) is 47.0 Å². The normalized spacial score (nSPS) is 50.4. The molecule has 3 aliphatic rings. The van der Waals surface area contributed by atoms with E-state index in [2.05, 4.69) is 45.9 Å². The van der Waals surface area contributed by atoms with E-state index >= 15 is 0 Å². The van der Waals surface area contributed by atoms with Crippen LogP contribution in [0.25, 0.3) is 0 Å². The molecule has 15 heavy (non-hydrogen) atoms. The lowest BCUT2D eigenvalue weighted by Crippen LogP contribution is -2.44. The fraction of sp³-hybridized carbons (Fsp3) is 0.733. The van der Waals surface area contributed by atoms with Gasteiger partial charge in [0.15, 0.2) is 0 Å². The van der Waals surface area contributed by atoms with Gasteiger partial charge in [-0.1, -0.05) is 44.6 Å². The highest BCUT2D eigenvalue weighted by molar-refractivity contribution is 5.36. The maximum Gasteiger partial charge on any atom is -0.00805 e. The van der Waals surface area contributed by atoms with Gasteiger partial charge < -0.3 is 0 Å². The molecule has 3 atom stereocenters. The molecule has 1 spiro atoms. The molecule has 0 nitrogen and oxygen atoms in total. The summed E-state index contributed by atoms with van der Waals surface area (Å²) >= 11 is 0. The van der Waals surface area contributed by atoms with Gasteiger partial charge in [-0.3, -0.25) is 0 Å². The Kier molecular flexibility index (Phi) is 1.56. The van der Waals surface area contributed by atoms with Crippen molar-refractivity contribution in [3.8, 4) is 0 Å². The van der Waals surface area contributed by atoms with Crippen LogP contribution in [0, 0.1) is 22.2 Å². The zero-order valence-corrected chi connectivity index (χ0v) is 10.4. The third kappa shape index (κ3) is 0.898. The smallest absolute Gasteiger partial charge is 0.00805 e. The molecule has 3 unspecified atom stereocenters. The van der Waals surface area contributed by atoms with Crippen LogP contribution in [0.3, 0.4) is 0 Å². The molecule has 1 saturated carbocycles. The van der Waals surface area contributed by atoms with Crippen LogP contribution in [-0.2, 0) is 0 Å². The summed E-state index contributed by atoms with van der Waals surface area (Å²) in [6.45, 7) is 9.74. The molecule has 0 amide bonds. The second kappa shape index (κ2) is 2.42. The third-order valence-corrected chi connectivity index (χ3v) is 5.71. The monoisotopic (exact) mass is 202 g/mol. The van der Waals surface area contributed by atoms with Gasteiger partial charge in [-0.25, -0.2) is 0 Å². The van der Waals surface area contributed by atoms with Gasteiger partial charge in [0.2, 0.25) is 0 Å². The summed E-state index contributed by atoms with van der Waals surface area (Å²) in [6, 6.07) is 0. The topological polar surface area (TPSA) is 0 Å². The molecule has 3 rings (SSSR count). The van der Waals surface area contributed by atoms with Crippen molar-refractivity contribution in [2.45, 2.75) is 47.0 Å². The second-order valence-electron chi connectivity index (χ2n) is 6.77. The van der Waals surface area contributed by atoms with Crippen molar-refractivity contribution in [2.24, 2.45) is 22.2 Å². The number of hydrogen-bond donors (Lipinski definition) is 0. The maximum absolute atomic E-state index is 2.52. The molecule has 0 heteroatoms. The standard InChI is InChI=1S/C15H22/c1-11-6-9-14(4)8-5-7-13(2,3)15(14)10-12(11)15/h5-7,12H,8-10H2,1-4H3. The highest BCUT2D eigenvalue weighted by Crippen LogP contribution is 2.79. The van der Waals surface area contributed by atoms with Crippen molar-refractivity contribution in [3.05, 3.63) is 23.8 Å². The van der Waals surface area contributed by atoms with Crippen molar-refractivity contribution >= 4 is 0 Å². The van der Waals surface area contributed by atoms with Crippen LogP contribution in [0.15, 0.2) is 23.8 Å². The molecule has 0 radical (unpaired) electrons. The van der Waals surface area contributed by atoms with Crippen molar-refractivity contribution < 1.29 is 0 Å². The van der Waals surface area contributed by atoms with Gasteiger partial charge >= 0.3 is 0 Å². The summed E-state index contributed by atoms with van der Waals surface area (Å²) in [5.41, 5.74) is 3.19. The largest absolute Gasteiger partial charge is 0.0874 e. The van der Waals surface area contributed by atoms with E-state index in [1.807, 2.05) is 0 Å². The number of hydrogen-bond acceptors (Lipinski definition) is 0. The van der Waals surface area contributed by atoms with Gasteiger partial charge in [-0.05, 0) is 48.3 Å². The lowest BCUT2D eigenvalue weighted by molar-refractivity contribution is 0.0369. The van der Waals surface area contributed by atoms with E-state index in [1.54, 1.807) is 5.57 Å². The Morgan fingerprint density at radius 2 is 1.93 bits per heavy atom. The fourth-order valence-electron chi connectivity index (χ4n) is 4.71. The van der Waals surface area contributed by atoms with Crippen molar-refractivity contribution in [2.75, 3.05) is 0 Å². The molecule has 0 N–H and O–H groups in total. The predicted octanol–water partition coefficient (Wildman–Crippen LogP) is 4.34. The Hall–Kier alpha value is -0.520. The summed E-state index contributed by atoms with van der Waals surface area (Å²) in [4.78, 5) is 0. The number of rotatable bonds is 0. The SMILES string of the molecule is CC1=CCC2(C)CC=CC(C)(C)C23CC13. The Bertz CT molecular complexity index is 371. The van der Waals surface area contributed by atoms with Crippen molar-refractivity contribution in [1.82, 2.24) is 0 Å². The summed E-state index contributed by atoms with van der Waals surface area (Å²) in [6.07, 6.45) is 11.4. The van der Waals surface area contributed by atoms with Crippen LogP contribution < -0.4 is 0 Å². The first kappa shape index (κ1) is 9.69. The van der Waals surface area contributed by atoms with Gasteiger partial charge in [0.25, 0.3) is 0 Å². The molecule has 0 bridgehead atoms. The molecule has 1 fully saturated rings. The van der Waals surface area contributed by atoms with Gasteiger partial charge in [0, 0.05) is 0 Å². The molecule has 0 saturated heterocycles. The number of allylic oxidation sites excluding steroid dienone is 4. The van der Waals surface area contributed by atoms with E-state index in [-0.39, 0.29) is 0 Å². The molecular formula is C15H22. The first-order valence-electron chi connectivity index (χ1n) is 6.27. The molecule has 0 aliphatic heterocycles. The minimum Gasteiger partial charge on any atom is -0.0874 e. The summed E-state index contributed by atoms with van der Waals surface area (Å²) < 4.78 is 0. The van der Waals surface area contributed by atoms with Crippen LogP contribution in [-0.4, -0.2) is 0 Å². The van der Waals surface area contributed by atoms with E-state index in [9.17, 15) is 0 Å². The maximum atomic E-state index is 2.52. The molecule has 3 aliphatic carbocycles.